The molecule has 0 heterocycles. The van der Waals surface area contributed by atoms with Gasteiger partial charge in [-0.3, -0.25) is 0 Å². The average Bonchev–Trinajstić information content (AvgIpc) is 2.71. The van der Waals surface area contributed by atoms with Crippen molar-refractivity contribution in [1.82, 2.24) is 0 Å². The van der Waals surface area contributed by atoms with E-state index in [2.05, 4.69) is 68.3 Å². The fourth-order valence-electron chi connectivity index (χ4n) is 2.68. The number of benzene rings is 4. The molecule has 0 unspecified atom stereocenters. The lowest BCUT2D eigenvalue weighted by molar-refractivity contribution is 1.57. The first-order valence-corrected chi connectivity index (χ1v) is 10.9. The van der Waals surface area contributed by atoms with E-state index in [1.54, 1.807) is 0 Å². The first kappa shape index (κ1) is 21.1. The van der Waals surface area contributed by atoms with Crippen LogP contribution in [0, 0.1) is 0 Å². The summed E-state index contributed by atoms with van der Waals surface area (Å²) in [5.41, 5.74) is 4.39. The highest BCUT2D eigenvalue weighted by atomic mass is 79.9. The van der Waals surface area contributed by atoms with Gasteiger partial charge >= 0.3 is 0 Å². The number of hydrogen-bond donors (Lipinski definition) is 0. The van der Waals surface area contributed by atoms with Crippen LogP contribution in [0.4, 0.5) is 0 Å². The number of halogens is 4. The normalized spacial score (nSPS) is 10.1. The molecule has 0 spiro atoms. The third-order valence-corrected chi connectivity index (χ3v) is 5.95. The minimum Gasteiger partial charge on any atom is -0.0837 e. The van der Waals surface area contributed by atoms with Crippen molar-refractivity contribution in [1.29, 1.82) is 0 Å². The summed E-state index contributed by atoms with van der Waals surface area (Å²) in [5, 5.41) is 1.45. The van der Waals surface area contributed by atoms with Crippen LogP contribution < -0.4 is 0 Å². The third kappa shape index (κ3) is 5.48. The van der Waals surface area contributed by atoms with Gasteiger partial charge in [-0.1, -0.05) is 122 Å². The lowest BCUT2D eigenvalue weighted by atomic mass is 10.1. The fourth-order valence-corrected chi connectivity index (χ4v) is 3.94. The molecule has 0 fully saturated rings. The maximum Gasteiger partial charge on any atom is 0.0484 e. The van der Waals surface area contributed by atoms with Crippen LogP contribution in [0.25, 0.3) is 22.3 Å². The molecule has 4 aromatic carbocycles. The van der Waals surface area contributed by atoms with Crippen molar-refractivity contribution in [3.63, 3.8) is 0 Å². The Morgan fingerprint density at radius 1 is 0.464 bits per heavy atom. The molecular formula is C24H16Br2Cl2. The average molecular weight is 535 g/mol. The van der Waals surface area contributed by atoms with Gasteiger partial charge in [-0.25, -0.2) is 0 Å². The van der Waals surface area contributed by atoms with Crippen LogP contribution in [0.2, 0.25) is 10.0 Å². The summed E-state index contributed by atoms with van der Waals surface area (Å²) < 4.78 is 2.23. The van der Waals surface area contributed by atoms with Gasteiger partial charge in [0.2, 0.25) is 0 Å². The van der Waals surface area contributed by atoms with Gasteiger partial charge in [-0.2, -0.15) is 0 Å². The minimum absolute atomic E-state index is 0.723. The van der Waals surface area contributed by atoms with Crippen molar-refractivity contribution >= 4 is 55.1 Å². The standard InChI is InChI=1S/C12H8Br2.C12H8Cl2/c13-10-7-5-9(6-8-10)11-3-1-2-4-12(11)14;13-11-7-3-1-5-9(11)10-6-2-4-8-12(10)14/h2*1-8H. The van der Waals surface area contributed by atoms with Crippen molar-refractivity contribution in [2.45, 2.75) is 0 Å². The van der Waals surface area contributed by atoms with Crippen LogP contribution in [0.3, 0.4) is 0 Å². The van der Waals surface area contributed by atoms with E-state index in [4.69, 9.17) is 23.2 Å². The Balaban J connectivity index is 0.000000161. The van der Waals surface area contributed by atoms with E-state index >= 15 is 0 Å². The van der Waals surface area contributed by atoms with E-state index in [-0.39, 0.29) is 0 Å². The van der Waals surface area contributed by atoms with E-state index in [1.165, 1.54) is 11.1 Å². The summed E-state index contributed by atoms with van der Waals surface area (Å²) in [7, 11) is 0. The Labute approximate surface area is 192 Å². The van der Waals surface area contributed by atoms with Gasteiger partial charge in [0.05, 0.1) is 0 Å². The number of hydrogen-bond acceptors (Lipinski definition) is 0. The van der Waals surface area contributed by atoms with Gasteiger partial charge in [0.15, 0.2) is 0 Å². The summed E-state index contributed by atoms with van der Waals surface area (Å²) in [6.07, 6.45) is 0. The van der Waals surface area contributed by atoms with E-state index in [0.29, 0.717) is 0 Å². The maximum absolute atomic E-state index is 6.07. The van der Waals surface area contributed by atoms with Crippen molar-refractivity contribution < 1.29 is 0 Å². The summed E-state index contributed by atoms with van der Waals surface area (Å²) in [5.74, 6) is 0. The summed E-state index contributed by atoms with van der Waals surface area (Å²) in [4.78, 5) is 0. The largest absolute Gasteiger partial charge is 0.0837 e. The Kier molecular flexibility index (Phi) is 7.75. The van der Waals surface area contributed by atoms with Crippen LogP contribution in [0.5, 0.6) is 0 Å². The Bertz CT molecular complexity index is 1020. The van der Waals surface area contributed by atoms with Gasteiger partial charge in [0.25, 0.3) is 0 Å². The van der Waals surface area contributed by atoms with Gasteiger partial charge < -0.3 is 0 Å². The van der Waals surface area contributed by atoms with Crippen LogP contribution in [-0.2, 0) is 0 Å². The molecule has 4 rings (SSSR count). The Hall–Kier alpha value is -1.58. The number of rotatable bonds is 2. The van der Waals surface area contributed by atoms with Crippen LogP contribution in [0.15, 0.2) is 106 Å². The second kappa shape index (κ2) is 10.3. The molecular weight excluding hydrogens is 519 g/mol. The Morgan fingerprint density at radius 2 is 0.893 bits per heavy atom. The minimum atomic E-state index is 0.723. The second-order valence-corrected chi connectivity index (χ2v) is 8.53. The SMILES string of the molecule is Brc1ccc(-c2ccccc2Br)cc1.Clc1ccccc1-c1ccccc1Cl. The van der Waals surface area contributed by atoms with Gasteiger partial charge in [-0.05, 0) is 41.5 Å². The molecule has 4 heteroatoms. The zero-order valence-electron chi connectivity index (χ0n) is 14.7. The molecule has 0 nitrogen and oxygen atoms in total. The van der Waals surface area contributed by atoms with E-state index in [1.807, 2.05) is 60.7 Å². The fraction of sp³-hybridized carbons (Fsp3) is 0. The van der Waals surface area contributed by atoms with Crippen molar-refractivity contribution in [3.8, 4) is 22.3 Å². The van der Waals surface area contributed by atoms with Crippen molar-refractivity contribution in [3.05, 3.63) is 116 Å². The highest BCUT2D eigenvalue weighted by molar-refractivity contribution is 9.10. The van der Waals surface area contributed by atoms with Crippen molar-refractivity contribution in [2.24, 2.45) is 0 Å². The summed E-state index contributed by atoms with van der Waals surface area (Å²) >= 11 is 19.1. The molecule has 28 heavy (non-hydrogen) atoms. The predicted octanol–water partition coefficient (Wildman–Crippen LogP) is 9.54. The molecule has 0 bridgehead atoms. The quantitative estimate of drug-likeness (QED) is 0.240. The molecule has 0 amide bonds. The first-order valence-electron chi connectivity index (χ1n) is 8.56. The molecule has 4 aromatic rings. The summed E-state index contributed by atoms with van der Waals surface area (Å²) in [6.45, 7) is 0. The van der Waals surface area contributed by atoms with E-state index < -0.39 is 0 Å². The molecule has 0 aliphatic rings. The zero-order chi connectivity index (χ0) is 19.9. The molecule has 0 N–H and O–H groups in total. The Morgan fingerprint density at radius 3 is 1.36 bits per heavy atom. The molecule has 140 valence electrons. The smallest absolute Gasteiger partial charge is 0.0484 e. The molecule has 0 saturated carbocycles. The highest BCUT2D eigenvalue weighted by Crippen LogP contribution is 2.32. The van der Waals surface area contributed by atoms with E-state index in [0.717, 1.165) is 30.1 Å². The monoisotopic (exact) mass is 532 g/mol. The second-order valence-electron chi connectivity index (χ2n) is 5.95. The van der Waals surface area contributed by atoms with Crippen LogP contribution in [0.1, 0.15) is 0 Å². The topological polar surface area (TPSA) is 0 Å². The van der Waals surface area contributed by atoms with Gasteiger partial charge in [-0.15, -0.1) is 0 Å². The lowest BCUT2D eigenvalue weighted by Crippen LogP contribution is -1.79. The molecule has 0 radical (unpaired) electrons. The molecule has 0 aromatic heterocycles. The van der Waals surface area contributed by atoms with E-state index in [9.17, 15) is 0 Å². The molecule has 0 aliphatic carbocycles. The molecule has 0 aliphatic heterocycles. The van der Waals surface area contributed by atoms with Gasteiger partial charge in [0, 0.05) is 30.1 Å². The maximum atomic E-state index is 6.07. The summed E-state index contributed by atoms with van der Waals surface area (Å²) in [6, 6.07) is 31.9. The molecule has 0 atom stereocenters. The van der Waals surface area contributed by atoms with Crippen molar-refractivity contribution in [2.75, 3.05) is 0 Å². The lowest BCUT2D eigenvalue weighted by Gasteiger charge is -2.05. The third-order valence-electron chi connectivity index (χ3n) is 4.07. The predicted molar refractivity (Wildman–Crippen MR) is 129 cm³/mol. The van der Waals surface area contributed by atoms with Crippen LogP contribution >= 0.6 is 55.1 Å². The van der Waals surface area contributed by atoms with Crippen LogP contribution in [-0.4, -0.2) is 0 Å². The van der Waals surface area contributed by atoms with Gasteiger partial charge in [0.1, 0.15) is 0 Å². The zero-order valence-corrected chi connectivity index (χ0v) is 19.4. The molecule has 0 saturated heterocycles. The first-order chi connectivity index (χ1) is 13.6. The highest BCUT2D eigenvalue weighted by Gasteiger charge is 2.05.